The van der Waals surface area contributed by atoms with Gasteiger partial charge in [-0.05, 0) is 56.6 Å². The van der Waals surface area contributed by atoms with Crippen LogP contribution in [0.3, 0.4) is 0 Å². The average molecular weight is 517 g/mol. The molecular weight excluding hydrogens is 488 g/mol. The SMILES string of the molecule is CC1=NC2=C(C(=O)C[C@@H](c3ccccc3)C2)[C@H](c2cc3c(cc2[N+](=O)[O-])OCO3)C1C(=O)OC1CCCC1. The molecule has 1 fully saturated rings. The second-order valence-corrected chi connectivity index (χ2v) is 10.4. The highest BCUT2D eigenvalue weighted by Gasteiger charge is 2.48. The van der Waals surface area contributed by atoms with Crippen molar-refractivity contribution in [3.63, 3.8) is 0 Å². The Hall–Kier alpha value is -4.01. The minimum Gasteiger partial charge on any atom is -0.462 e. The second kappa shape index (κ2) is 9.70. The van der Waals surface area contributed by atoms with Gasteiger partial charge in [0.15, 0.2) is 17.3 Å². The molecule has 2 aromatic carbocycles. The summed E-state index contributed by atoms with van der Waals surface area (Å²) >= 11 is 0. The predicted molar refractivity (Wildman–Crippen MR) is 137 cm³/mol. The van der Waals surface area contributed by atoms with Gasteiger partial charge in [0.05, 0.1) is 11.0 Å². The molecule has 1 saturated carbocycles. The van der Waals surface area contributed by atoms with Crippen LogP contribution in [0.4, 0.5) is 5.69 Å². The zero-order valence-electron chi connectivity index (χ0n) is 21.1. The Labute approximate surface area is 219 Å². The molecule has 9 nitrogen and oxygen atoms in total. The van der Waals surface area contributed by atoms with Gasteiger partial charge in [0.25, 0.3) is 5.69 Å². The zero-order valence-corrected chi connectivity index (χ0v) is 21.1. The maximum absolute atomic E-state index is 13.8. The lowest BCUT2D eigenvalue weighted by molar-refractivity contribution is -0.385. The Morgan fingerprint density at radius 3 is 2.50 bits per heavy atom. The molecule has 1 unspecified atom stereocenters. The van der Waals surface area contributed by atoms with Crippen LogP contribution in [0.15, 0.2) is 58.7 Å². The van der Waals surface area contributed by atoms with E-state index in [1.807, 2.05) is 30.3 Å². The Balaban J connectivity index is 1.48. The molecule has 6 rings (SSSR count). The van der Waals surface area contributed by atoms with Crippen molar-refractivity contribution < 1.29 is 28.7 Å². The minimum absolute atomic E-state index is 0.0557. The molecule has 0 amide bonds. The van der Waals surface area contributed by atoms with Crippen LogP contribution in [0.1, 0.15) is 68.4 Å². The molecule has 0 N–H and O–H groups in total. The summed E-state index contributed by atoms with van der Waals surface area (Å²) in [6.07, 6.45) is 4.09. The van der Waals surface area contributed by atoms with E-state index in [0.29, 0.717) is 29.2 Å². The van der Waals surface area contributed by atoms with E-state index in [9.17, 15) is 19.7 Å². The zero-order chi connectivity index (χ0) is 26.4. The number of allylic oxidation sites excluding steroid dienone is 2. The lowest BCUT2D eigenvalue weighted by Gasteiger charge is -2.36. The number of rotatable bonds is 5. The summed E-state index contributed by atoms with van der Waals surface area (Å²) in [5.41, 5.74) is 2.48. The largest absolute Gasteiger partial charge is 0.462 e. The smallest absolute Gasteiger partial charge is 0.315 e. The number of fused-ring (bicyclic) bond motifs is 1. The molecule has 0 saturated heterocycles. The number of ether oxygens (including phenoxy) is 3. The van der Waals surface area contributed by atoms with Crippen molar-refractivity contribution >= 4 is 23.2 Å². The molecular formula is C29H28N2O7. The number of hydrogen-bond donors (Lipinski definition) is 0. The van der Waals surface area contributed by atoms with E-state index in [0.717, 1.165) is 31.2 Å². The first kappa shape index (κ1) is 24.3. The van der Waals surface area contributed by atoms with E-state index in [1.54, 1.807) is 13.0 Å². The highest BCUT2D eigenvalue weighted by atomic mass is 16.7. The molecule has 38 heavy (non-hydrogen) atoms. The summed E-state index contributed by atoms with van der Waals surface area (Å²) in [5.74, 6) is -1.97. The van der Waals surface area contributed by atoms with E-state index < -0.39 is 22.7 Å². The first-order valence-electron chi connectivity index (χ1n) is 13.1. The number of nitro groups is 1. The molecule has 9 heteroatoms. The molecule has 196 valence electrons. The fourth-order valence-corrected chi connectivity index (χ4v) is 6.26. The minimum atomic E-state index is -0.953. The van der Waals surface area contributed by atoms with Crippen LogP contribution in [-0.2, 0) is 14.3 Å². The van der Waals surface area contributed by atoms with Gasteiger partial charge in [0.2, 0.25) is 6.79 Å². The standard InChI is InChI=1S/C29H28N2O7/c1-16-26(29(33)38-19-9-5-6-10-19)27(20-13-24-25(37-15-36-24)14-22(20)31(34)35)28-21(30-16)11-18(12-23(28)32)17-7-3-2-4-8-17/h2-4,7-8,13-14,18-19,26-27H,5-6,9-12,15H2,1H3/t18-,26?,27+/m0/s1. The third-order valence-electron chi connectivity index (χ3n) is 8.05. The molecule has 2 aliphatic carbocycles. The highest BCUT2D eigenvalue weighted by Crippen LogP contribution is 2.51. The van der Waals surface area contributed by atoms with Crippen LogP contribution in [-0.4, -0.2) is 35.3 Å². The monoisotopic (exact) mass is 516 g/mol. The van der Waals surface area contributed by atoms with Gasteiger partial charge in [-0.3, -0.25) is 24.7 Å². The molecule has 3 atom stereocenters. The van der Waals surface area contributed by atoms with E-state index in [4.69, 9.17) is 19.2 Å². The highest BCUT2D eigenvalue weighted by molar-refractivity contribution is 6.09. The third kappa shape index (κ3) is 4.25. The third-order valence-corrected chi connectivity index (χ3v) is 8.05. The van der Waals surface area contributed by atoms with Gasteiger partial charge in [-0.15, -0.1) is 0 Å². The van der Waals surface area contributed by atoms with Crippen LogP contribution >= 0.6 is 0 Å². The number of esters is 1. The number of carbonyl (C=O) groups is 2. The van der Waals surface area contributed by atoms with E-state index in [-0.39, 0.29) is 48.0 Å². The van der Waals surface area contributed by atoms with Crippen LogP contribution < -0.4 is 9.47 Å². The molecule has 4 aliphatic rings. The molecule has 2 aromatic rings. The number of hydrogen-bond acceptors (Lipinski definition) is 8. The fraction of sp³-hybridized carbons (Fsp3) is 0.414. The van der Waals surface area contributed by atoms with E-state index in [2.05, 4.69) is 0 Å². The summed E-state index contributed by atoms with van der Waals surface area (Å²) in [6.45, 7) is 1.69. The predicted octanol–water partition coefficient (Wildman–Crippen LogP) is 5.38. The van der Waals surface area contributed by atoms with Crippen LogP contribution in [0.25, 0.3) is 0 Å². The second-order valence-electron chi connectivity index (χ2n) is 10.4. The Morgan fingerprint density at radius 2 is 1.79 bits per heavy atom. The molecule has 0 radical (unpaired) electrons. The lowest BCUT2D eigenvalue weighted by Crippen LogP contribution is -2.39. The Kier molecular flexibility index (Phi) is 6.21. The topological polar surface area (TPSA) is 117 Å². The fourth-order valence-electron chi connectivity index (χ4n) is 6.26. The first-order chi connectivity index (χ1) is 18.4. The van der Waals surface area contributed by atoms with Crippen molar-refractivity contribution in [2.75, 3.05) is 6.79 Å². The van der Waals surface area contributed by atoms with Crippen molar-refractivity contribution in [1.29, 1.82) is 0 Å². The van der Waals surface area contributed by atoms with Crippen LogP contribution in [0, 0.1) is 16.0 Å². The number of aliphatic imine (C=N–C) groups is 1. The summed E-state index contributed by atoms with van der Waals surface area (Å²) in [5, 5.41) is 12.2. The van der Waals surface area contributed by atoms with Crippen molar-refractivity contribution in [2.45, 2.75) is 63.4 Å². The number of benzene rings is 2. The quantitative estimate of drug-likeness (QED) is 0.297. The molecule has 2 aliphatic heterocycles. The van der Waals surface area contributed by atoms with Crippen LogP contribution in [0.2, 0.25) is 0 Å². The van der Waals surface area contributed by atoms with Gasteiger partial charge >= 0.3 is 5.97 Å². The number of nitro benzene ring substituents is 1. The number of nitrogens with zero attached hydrogens (tertiary/aromatic N) is 2. The summed E-state index contributed by atoms with van der Waals surface area (Å²) in [6, 6.07) is 12.6. The average Bonchev–Trinajstić information content (AvgIpc) is 3.59. The summed E-state index contributed by atoms with van der Waals surface area (Å²) in [7, 11) is 0. The number of ketones is 1. The van der Waals surface area contributed by atoms with Crippen LogP contribution in [0.5, 0.6) is 11.5 Å². The van der Waals surface area contributed by atoms with Gasteiger partial charge in [-0.2, -0.15) is 0 Å². The Bertz CT molecular complexity index is 1370. The van der Waals surface area contributed by atoms with E-state index in [1.165, 1.54) is 6.07 Å². The normalized spacial score (nSPS) is 24.7. The van der Waals surface area contributed by atoms with Crippen molar-refractivity contribution in [1.82, 2.24) is 0 Å². The van der Waals surface area contributed by atoms with Gasteiger partial charge in [-0.25, -0.2) is 0 Å². The Morgan fingerprint density at radius 1 is 1.08 bits per heavy atom. The lowest BCUT2D eigenvalue weighted by atomic mass is 9.69. The van der Waals surface area contributed by atoms with Crippen molar-refractivity contribution in [2.24, 2.45) is 10.9 Å². The van der Waals surface area contributed by atoms with Gasteiger partial charge in [-0.1, -0.05) is 30.3 Å². The maximum Gasteiger partial charge on any atom is 0.315 e. The van der Waals surface area contributed by atoms with Gasteiger partial charge in [0.1, 0.15) is 12.0 Å². The molecule has 0 spiro atoms. The van der Waals surface area contributed by atoms with Gasteiger partial charge in [0, 0.05) is 34.9 Å². The molecule has 2 heterocycles. The van der Waals surface area contributed by atoms with Gasteiger partial charge < -0.3 is 14.2 Å². The summed E-state index contributed by atoms with van der Waals surface area (Å²) in [4.78, 5) is 44.0. The summed E-state index contributed by atoms with van der Waals surface area (Å²) < 4.78 is 16.8. The molecule has 0 aromatic heterocycles. The molecule has 0 bridgehead atoms. The van der Waals surface area contributed by atoms with Crippen molar-refractivity contribution in [3.8, 4) is 11.5 Å². The maximum atomic E-state index is 13.8. The van der Waals surface area contributed by atoms with Crippen molar-refractivity contribution in [3.05, 3.63) is 75.0 Å². The van der Waals surface area contributed by atoms with E-state index >= 15 is 0 Å². The first-order valence-corrected chi connectivity index (χ1v) is 13.1. The number of carbonyl (C=O) groups excluding carboxylic acids is 2. The number of Topliss-reactive ketones (excluding diaryl/α,β-unsaturated/α-hetero) is 1.